The first-order valence-corrected chi connectivity index (χ1v) is 5.53. The molecule has 0 bridgehead atoms. The minimum atomic E-state index is 0.750. The van der Waals surface area contributed by atoms with Crippen molar-refractivity contribution in [3.8, 4) is 5.75 Å². The summed E-state index contributed by atoms with van der Waals surface area (Å²) in [6.07, 6.45) is 0. The van der Waals surface area contributed by atoms with Crippen molar-refractivity contribution >= 4 is 11.4 Å². The van der Waals surface area contributed by atoms with Crippen LogP contribution in [0.1, 0.15) is 6.92 Å². The van der Waals surface area contributed by atoms with E-state index in [2.05, 4.69) is 24.2 Å². The van der Waals surface area contributed by atoms with Gasteiger partial charge in [-0.25, -0.2) is 0 Å². The largest absolute Gasteiger partial charge is 0.497 e. The summed E-state index contributed by atoms with van der Waals surface area (Å²) >= 11 is 0. The lowest BCUT2D eigenvalue weighted by atomic mass is 10.2. The molecule has 0 atom stereocenters. The van der Waals surface area contributed by atoms with Crippen LogP contribution < -0.4 is 15.8 Å². The van der Waals surface area contributed by atoms with Gasteiger partial charge in [-0.1, -0.05) is 6.92 Å². The molecule has 0 amide bonds. The van der Waals surface area contributed by atoms with Crippen LogP contribution in [0.4, 0.5) is 11.4 Å². The van der Waals surface area contributed by atoms with Crippen LogP contribution in [0.5, 0.6) is 5.75 Å². The van der Waals surface area contributed by atoms with Gasteiger partial charge in [0.2, 0.25) is 0 Å². The van der Waals surface area contributed by atoms with Gasteiger partial charge >= 0.3 is 0 Å². The molecule has 1 aromatic carbocycles. The van der Waals surface area contributed by atoms with E-state index in [1.165, 1.54) is 0 Å². The molecule has 0 radical (unpaired) electrons. The van der Waals surface area contributed by atoms with Gasteiger partial charge in [-0.3, -0.25) is 0 Å². The van der Waals surface area contributed by atoms with E-state index in [0.29, 0.717) is 0 Å². The molecule has 3 N–H and O–H groups in total. The van der Waals surface area contributed by atoms with E-state index in [-0.39, 0.29) is 0 Å². The summed E-state index contributed by atoms with van der Waals surface area (Å²) in [4.78, 5) is 2.24. The molecule has 0 aliphatic carbocycles. The Morgan fingerprint density at radius 1 is 1.44 bits per heavy atom. The minimum absolute atomic E-state index is 0.750. The predicted molar refractivity (Wildman–Crippen MR) is 69.1 cm³/mol. The second kappa shape index (κ2) is 6.23. The summed E-state index contributed by atoms with van der Waals surface area (Å²) < 4.78 is 5.15. The monoisotopic (exact) mass is 223 g/mol. The maximum atomic E-state index is 5.86. The van der Waals surface area contributed by atoms with Crippen molar-refractivity contribution in [2.24, 2.45) is 0 Å². The molecule has 4 nitrogen and oxygen atoms in total. The fraction of sp³-hybridized carbons (Fsp3) is 0.500. The summed E-state index contributed by atoms with van der Waals surface area (Å²) in [5, 5.41) is 3.31. The van der Waals surface area contributed by atoms with E-state index in [0.717, 1.165) is 36.8 Å². The standard InChI is InChI=1S/C12H21N3O/c1-4-15(2)8-7-14-12-9-10(16-3)5-6-11(12)13/h5-6,9,14H,4,7-8,13H2,1-3H3. The molecule has 0 aliphatic heterocycles. The fourth-order valence-electron chi connectivity index (χ4n) is 1.36. The number of likely N-dealkylation sites (N-methyl/N-ethyl adjacent to an activating group) is 1. The van der Waals surface area contributed by atoms with Gasteiger partial charge in [0.25, 0.3) is 0 Å². The second-order valence-corrected chi connectivity index (χ2v) is 3.78. The first-order chi connectivity index (χ1) is 7.67. The number of hydrogen-bond acceptors (Lipinski definition) is 4. The average molecular weight is 223 g/mol. The number of nitrogens with two attached hydrogens (primary N) is 1. The Morgan fingerprint density at radius 3 is 2.81 bits per heavy atom. The van der Waals surface area contributed by atoms with Crippen molar-refractivity contribution in [2.45, 2.75) is 6.92 Å². The Bertz CT molecular complexity index is 328. The molecule has 1 aromatic rings. The van der Waals surface area contributed by atoms with E-state index < -0.39 is 0 Å². The maximum absolute atomic E-state index is 5.86. The van der Waals surface area contributed by atoms with E-state index in [9.17, 15) is 0 Å². The van der Waals surface area contributed by atoms with Gasteiger partial charge in [-0.2, -0.15) is 0 Å². The van der Waals surface area contributed by atoms with Gasteiger partial charge in [0.05, 0.1) is 18.5 Å². The summed E-state index contributed by atoms with van der Waals surface area (Å²) in [5.41, 5.74) is 7.55. The van der Waals surface area contributed by atoms with E-state index in [1.807, 2.05) is 18.2 Å². The number of hydrogen-bond donors (Lipinski definition) is 2. The molecule has 90 valence electrons. The lowest BCUT2D eigenvalue weighted by Crippen LogP contribution is -2.24. The number of benzene rings is 1. The van der Waals surface area contributed by atoms with Gasteiger partial charge in [0, 0.05) is 19.2 Å². The minimum Gasteiger partial charge on any atom is -0.497 e. The second-order valence-electron chi connectivity index (χ2n) is 3.78. The highest BCUT2D eigenvalue weighted by Crippen LogP contribution is 2.23. The Hall–Kier alpha value is -1.42. The molecule has 0 heterocycles. The lowest BCUT2D eigenvalue weighted by molar-refractivity contribution is 0.367. The molecule has 0 aromatic heterocycles. The smallest absolute Gasteiger partial charge is 0.121 e. The first-order valence-electron chi connectivity index (χ1n) is 5.53. The SMILES string of the molecule is CCN(C)CCNc1cc(OC)ccc1N. The molecule has 0 saturated carbocycles. The van der Waals surface area contributed by atoms with E-state index in [1.54, 1.807) is 7.11 Å². The zero-order valence-corrected chi connectivity index (χ0v) is 10.3. The Kier molecular flexibility index (Phi) is 4.92. The van der Waals surface area contributed by atoms with Crippen molar-refractivity contribution in [1.82, 2.24) is 4.90 Å². The van der Waals surface area contributed by atoms with Crippen LogP contribution in [0.25, 0.3) is 0 Å². The van der Waals surface area contributed by atoms with Crippen LogP contribution in [-0.2, 0) is 0 Å². The highest BCUT2D eigenvalue weighted by atomic mass is 16.5. The number of nitrogens with zero attached hydrogens (tertiary/aromatic N) is 1. The summed E-state index contributed by atoms with van der Waals surface area (Å²) in [5.74, 6) is 0.820. The van der Waals surface area contributed by atoms with Gasteiger partial charge in [-0.15, -0.1) is 0 Å². The average Bonchev–Trinajstić information content (AvgIpc) is 2.31. The van der Waals surface area contributed by atoms with Crippen molar-refractivity contribution in [2.75, 3.05) is 44.8 Å². The molecular weight excluding hydrogens is 202 g/mol. The van der Waals surface area contributed by atoms with Crippen molar-refractivity contribution < 1.29 is 4.74 Å². The molecule has 0 spiro atoms. The molecule has 16 heavy (non-hydrogen) atoms. The number of nitrogen functional groups attached to an aromatic ring is 1. The van der Waals surface area contributed by atoms with E-state index in [4.69, 9.17) is 10.5 Å². The van der Waals surface area contributed by atoms with Crippen LogP contribution in [0.3, 0.4) is 0 Å². The lowest BCUT2D eigenvalue weighted by Gasteiger charge is -2.16. The summed E-state index contributed by atoms with van der Waals surface area (Å²) in [6.45, 7) is 5.06. The third-order valence-corrected chi connectivity index (χ3v) is 2.61. The predicted octanol–water partition coefficient (Wildman–Crippen LogP) is 1.64. The van der Waals surface area contributed by atoms with E-state index >= 15 is 0 Å². The highest BCUT2D eigenvalue weighted by molar-refractivity contribution is 5.68. The number of nitrogens with one attached hydrogen (secondary N) is 1. The third-order valence-electron chi connectivity index (χ3n) is 2.61. The molecule has 0 saturated heterocycles. The molecule has 0 fully saturated rings. The topological polar surface area (TPSA) is 50.5 Å². The van der Waals surface area contributed by atoms with Crippen LogP contribution in [-0.4, -0.2) is 38.7 Å². The van der Waals surface area contributed by atoms with Crippen LogP contribution in [0, 0.1) is 0 Å². The molecule has 0 unspecified atom stereocenters. The molecule has 0 aliphatic rings. The van der Waals surface area contributed by atoms with Gasteiger partial charge < -0.3 is 20.7 Å². The number of methoxy groups -OCH3 is 1. The van der Waals surface area contributed by atoms with Crippen LogP contribution >= 0.6 is 0 Å². The summed E-state index contributed by atoms with van der Waals surface area (Å²) in [7, 11) is 3.75. The van der Waals surface area contributed by atoms with Crippen molar-refractivity contribution in [1.29, 1.82) is 0 Å². The third kappa shape index (κ3) is 3.62. The molecule has 1 rings (SSSR count). The Labute approximate surface area is 97.4 Å². The Morgan fingerprint density at radius 2 is 2.19 bits per heavy atom. The first kappa shape index (κ1) is 12.6. The number of anilines is 2. The molecular formula is C12H21N3O. The number of rotatable bonds is 6. The number of ether oxygens (including phenoxy) is 1. The maximum Gasteiger partial charge on any atom is 0.121 e. The zero-order chi connectivity index (χ0) is 12.0. The quantitative estimate of drug-likeness (QED) is 0.720. The van der Waals surface area contributed by atoms with Crippen LogP contribution in [0.15, 0.2) is 18.2 Å². The normalized spacial score (nSPS) is 10.5. The zero-order valence-electron chi connectivity index (χ0n) is 10.3. The van der Waals surface area contributed by atoms with Crippen LogP contribution in [0.2, 0.25) is 0 Å². The van der Waals surface area contributed by atoms with Gasteiger partial charge in [0.1, 0.15) is 5.75 Å². The van der Waals surface area contributed by atoms with Gasteiger partial charge in [-0.05, 0) is 25.7 Å². The van der Waals surface area contributed by atoms with Crippen molar-refractivity contribution in [3.63, 3.8) is 0 Å². The fourth-order valence-corrected chi connectivity index (χ4v) is 1.36. The highest BCUT2D eigenvalue weighted by Gasteiger charge is 2.01. The van der Waals surface area contributed by atoms with Gasteiger partial charge in [0.15, 0.2) is 0 Å². The van der Waals surface area contributed by atoms with Crippen molar-refractivity contribution in [3.05, 3.63) is 18.2 Å². The molecule has 4 heteroatoms. The summed E-state index contributed by atoms with van der Waals surface area (Å²) in [6, 6.07) is 5.63. The Balaban J connectivity index is 2.52.